The highest BCUT2D eigenvalue weighted by atomic mass is 16.1. The summed E-state index contributed by atoms with van der Waals surface area (Å²) in [5.41, 5.74) is 5.91. The Morgan fingerprint density at radius 1 is 1.10 bits per heavy atom. The molecule has 0 saturated carbocycles. The van der Waals surface area contributed by atoms with Crippen LogP contribution in [0.15, 0.2) is 46.3 Å². The number of nitrogens with one attached hydrogen (secondary N) is 2. The Bertz CT molecular complexity index is 1100. The van der Waals surface area contributed by atoms with Gasteiger partial charge in [0.15, 0.2) is 5.82 Å². The van der Waals surface area contributed by atoms with Gasteiger partial charge in [-0.1, -0.05) is 30.3 Å². The third-order valence-electron chi connectivity index (χ3n) is 5.72. The molecule has 7 nitrogen and oxygen atoms in total. The highest BCUT2D eigenvalue weighted by Crippen LogP contribution is 2.24. The zero-order chi connectivity index (χ0) is 19.6. The van der Waals surface area contributed by atoms with Crippen LogP contribution in [0.25, 0.3) is 11.3 Å². The predicted molar refractivity (Wildman–Crippen MR) is 112 cm³/mol. The molecule has 0 aliphatic carbocycles. The Balaban J connectivity index is 1.37. The lowest BCUT2D eigenvalue weighted by Crippen LogP contribution is -2.36. The van der Waals surface area contributed by atoms with E-state index in [1.165, 1.54) is 0 Å². The first-order valence-electron chi connectivity index (χ1n) is 10.2. The SMILES string of the molecule is O=c1[nH]c(C2=NCCCC2)nc2c1CN(Cc1cn[nH]c1-c1ccccc1)CC2. The standard InChI is InChI=1S/C22H24N6O/c29-22-17-14-28(13-16-12-24-27-20(16)15-6-2-1-3-7-15)11-9-18(17)25-21(26-22)19-8-4-5-10-23-19/h1-3,6-7,12H,4-5,8-11,13-14H2,(H,24,27)(H,25,26,29). The Morgan fingerprint density at radius 2 is 2.00 bits per heavy atom. The van der Waals surface area contributed by atoms with Crippen molar-refractivity contribution < 1.29 is 0 Å². The summed E-state index contributed by atoms with van der Waals surface area (Å²) < 4.78 is 0. The number of hydrogen-bond donors (Lipinski definition) is 2. The van der Waals surface area contributed by atoms with Crippen LogP contribution in [0.3, 0.4) is 0 Å². The fourth-order valence-corrected chi connectivity index (χ4v) is 4.17. The summed E-state index contributed by atoms with van der Waals surface area (Å²) in [6.07, 6.45) is 5.79. The summed E-state index contributed by atoms with van der Waals surface area (Å²) in [5.74, 6) is 0.670. The van der Waals surface area contributed by atoms with E-state index in [1.54, 1.807) is 0 Å². The number of H-pyrrole nitrogens is 2. The van der Waals surface area contributed by atoms with Crippen LogP contribution < -0.4 is 5.56 Å². The third kappa shape index (κ3) is 3.65. The average molecular weight is 388 g/mol. The van der Waals surface area contributed by atoms with Gasteiger partial charge in [-0.15, -0.1) is 0 Å². The van der Waals surface area contributed by atoms with E-state index in [1.807, 2.05) is 24.4 Å². The van der Waals surface area contributed by atoms with Crippen molar-refractivity contribution in [3.8, 4) is 11.3 Å². The molecule has 2 aromatic heterocycles. The molecular formula is C22H24N6O. The fourth-order valence-electron chi connectivity index (χ4n) is 4.17. The lowest BCUT2D eigenvalue weighted by atomic mass is 10.0. The van der Waals surface area contributed by atoms with Crippen molar-refractivity contribution >= 4 is 5.71 Å². The van der Waals surface area contributed by atoms with Gasteiger partial charge in [0.1, 0.15) is 0 Å². The molecule has 148 valence electrons. The molecule has 3 aromatic rings. The van der Waals surface area contributed by atoms with Crippen molar-refractivity contribution in [2.24, 2.45) is 4.99 Å². The molecule has 0 saturated heterocycles. The molecule has 2 aliphatic rings. The van der Waals surface area contributed by atoms with Gasteiger partial charge in [-0.25, -0.2) is 4.98 Å². The van der Waals surface area contributed by atoms with E-state index in [9.17, 15) is 4.79 Å². The van der Waals surface area contributed by atoms with E-state index in [4.69, 9.17) is 4.98 Å². The molecule has 0 spiro atoms. The first kappa shape index (κ1) is 18.0. The molecule has 1 aromatic carbocycles. The van der Waals surface area contributed by atoms with Crippen LogP contribution >= 0.6 is 0 Å². The Morgan fingerprint density at radius 3 is 2.83 bits per heavy atom. The van der Waals surface area contributed by atoms with Crippen molar-refractivity contribution in [2.75, 3.05) is 13.1 Å². The van der Waals surface area contributed by atoms with Gasteiger partial charge in [0.25, 0.3) is 5.56 Å². The monoisotopic (exact) mass is 388 g/mol. The zero-order valence-electron chi connectivity index (χ0n) is 16.3. The molecule has 4 heterocycles. The van der Waals surface area contributed by atoms with Gasteiger partial charge in [-0.3, -0.25) is 19.8 Å². The maximum Gasteiger partial charge on any atom is 0.255 e. The number of rotatable bonds is 4. The van der Waals surface area contributed by atoms with Crippen LogP contribution in [0.5, 0.6) is 0 Å². The van der Waals surface area contributed by atoms with Gasteiger partial charge in [0.05, 0.1) is 28.9 Å². The van der Waals surface area contributed by atoms with E-state index in [2.05, 4.69) is 37.2 Å². The second-order valence-electron chi connectivity index (χ2n) is 7.72. The van der Waals surface area contributed by atoms with Crippen LogP contribution in [0.4, 0.5) is 0 Å². The van der Waals surface area contributed by atoms with Gasteiger partial charge in [0, 0.05) is 38.2 Å². The normalized spacial score (nSPS) is 17.0. The minimum Gasteiger partial charge on any atom is -0.305 e. The molecule has 0 amide bonds. The summed E-state index contributed by atoms with van der Waals surface area (Å²) in [4.78, 5) is 27.4. The van der Waals surface area contributed by atoms with E-state index in [0.29, 0.717) is 12.4 Å². The van der Waals surface area contributed by atoms with E-state index >= 15 is 0 Å². The van der Waals surface area contributed by atoms with E-state index < -0.39 is 0 Å². The number of nitrogens with zero attached hydrogens (tertiary/aromatic N) is 4. The zero-order valence-corrected chi connectivity index (χ0v) is 16.3. The summed E-state index contributed by atoms with van der Waals surface area (Å²) >= 11 is 0. The Kier molecular flexibility index (Phi) is 4.81. The number of fused-ring (bicyclic) bond motifs is 1. The predicted octanol–water partition coefficient (Wildman–Crippen LogP) is 2.69. The number of benzene rings is 1. The molecule has 5 rings (SSSR count). The summed E-state index contributed by atoms with van der Waals surface area (Å²) in [7, 11) is 0. The Hall–Kier alpha value is -3.06. The molecule has 0 atom stereocenters. The first-order valence-corrected chi connectivity index (χ1v) is 10.2. The second kappa shape index (κ2) is 7.75. The van der Waals surface area contributed by atoms with Crippen molar-refractivity contribution in [3.05, 3.63) is 69.5 Å². The van der Waals surface area contributed by atoms with Crippen LogP contribution in [-0.4, -0.2) is 43.9 Å². The summed E-state index contributed by atoms with van der Waals surface area (Å²) in [6, 6.07) is 10.2. The van der Waals surface area contributed by atoms with Crippen molar-refractivity contribution in [1.29, 1.82) is 0 Å². The maximum atomic E-state index is 12.8. The smallest absolute Gasteiger partial charge is 0.255 e. The van der Waals surface area contributed by atoms with E-state index in [-0.39, 0.29) is 5.56 Å². The van der Waals surface area contributed by atoms with Gasteiger partial charge >= 0.3 is 0 Å². The Labute approximate surface area is 168 Å². The second-order valence-corrected chi connectivity index (χ2v) is 7.72. The van der Waals surface area contributed by atoms with Crippen LogP contribution in [0.1, 0.15) is 41.9 Å². The van der Waals surface area contributed by atoms with Crippen molar-refractivity contribution in [2.45, 2.75) is 38.8 Å². The molecule has 7 heteroatoms. The lowest BCUT2D eigenvalue weighted by molar-refractivity contribution is 0.242. The van der Waals surface area contributed by atoms with Crippen LogP contribution in [0, 0.1) is 0 Å². The summed E-state index contributed by atoms with van der Waals surface area (Å²) in [5, 5.41) is 7.36. The number of hydrogen-bond acceptors (Lipinski definition) is 5. The number of aromatic amines is 2. The third-order valence-corrected chi connectivity index (χ3v) is 5.72. The van der Waals surface area contributed by atoms with Crippen molar-refractivity contribution in [3.63, 3.8) is 0 Å². The quantitative estimate of drug-likeness (QED) is 0.719. The molecule has 0 unspecified atom stereocenters. The molecule has 0 radical (unpaired) electrons. The molecule has 2 aliphatic heterocycles. The topological polar surface area (TPSA) is 90.0 Å². The number of aromatic nitrogens is 4. The largest absolute Gasteiger partial charge is 0.305 e. The molecule has 29 heavy (non-hydrogen) atoms. The number of aliphatic imine (C=N–C) groups is 1. The minimum atomic E-state index is -0.0292. The molecule has 0 bridgehead atoms. The first-order chi connectivity index (χ1) is 14.3. The lowest BCUT2D eigenvalue weighted by Gasteiger charge is -2.27. The van der Waals surface area contributed by atoms with Gasteiger partial charge < -0.3 is 4.98 Å². The molecule has 0 fully saturated rings. The van der Waals surface area contributed by atoms with Crippen molar-refractivity contribution in [1.82, 2.24) is 25.1 Å². The van der Waals surface area contributed by atoms with Gasteiger partial charge in [-0.05, 0) is 24.8 Å². The summed E-state index contributed by atoms with van der Waals surface area (Å²) in [6.45, 7) is 3.05. The highest BCUT2D eigenvalue weighted by Gasteiger charge is 2.23. The molecule has 2 N–H and O–H groups in total. The van der Waals surface area contributed by atoms with Crippen LogP contribution in [0.2, 0.25) is 0 Å². The van der Waals surface area contributed by atoms with Gasteiger partial charge in [0.2, 0.25) is 0 Å². The van der Waals surface area contributed by atoms with E-state index in [0.717, 1.165) is 79.1 Å². The average Bonchev–Trinajstić information content (AvgIpc) is 3.23. The fraction of sp³-hybridized carbons (Fsp3) is 0.364. The van der Waals surface area contributed by atoms with Gasteiger partial charge in [-0.2, -0.15) is 5.10 Å². The maximum absolute atomic E-state index is 12.8. The van der Waals surface area contributed by atoms with Crippen LogP contribution in [-0.2, 0) is 19.5 Å². The molecular weight excluding hydrogens is 364 g/mol. The highest BCUT2D eigenvalue weighted by molar-refractivity contribution is 5.97. The minimum absolute atomic E-state index is 0.0292.